The van der Waals surface area contributed by atoms with Crippen LogP contribution in [0.15, 0.2) is 0 Å². The molecular weight excluding hydrogens is 250 g/mol. The number of aryl methyl sites for hydroxylation is 2. The van der Waals surface area contributed by atoms with Gasteiger partial charge in [-0.3, -0.25) is 10.1 Å². The van der Waals surface area contributed by atoms with Gasteiger partial charge in [0.05, 0.1) is 18.1 Å². The average molecular weight is 271 g/mol. The normalized spacial score (nSPS) is 11.0. The van der Waals surface area contributed by atoms with Crippen molar-refractivity contribution in [2.24, 2.45) is 7.05 Å². The summed E-state index contributed by atoms with van der Waals surface area (Å²) in [5.41, 5.74) is 0.430. The number of anilines is 1. The van der Waals surface area contributed by atoms with E-state index in [9.17, 15) is 10.1 Å². The summed E-state index contributed by atoms with van der Waals surface area (Å²) in [5.74, 6) is 0.415. The van der Waals surface area contributed by atoms with Gasteiger partial charge in [-0.25, -0.2) is 4.68 Å². The lowest BCUT2D eigenvalue weighted by Gasteiger charge is -2.10. The Morgan fingerprint density at radius 1 is 1.47 bits per heavy atom. The Labute approximate surface area is 112 Å². The Balaban J connectivity index is 2.43. The molecule has 1 N–H and O–H groups in total. The van der Waals surface area contributed by atoms with Crippen molar-refractivity contribution >= 4 is 11.5 Å². The fourth-order valence-corrected chi connectivity index (χ4v) is 1.65. The minimum absolute atomic E-state index is 0.0239. The number of ether oxygens (including phenoxy) is 1. The molecule has 1 heterocycles. The lowest BCUT2D eigenvalue weighted by atomic mass is 10.4. The van der Waals surface area contributed by atoms with E-state index in [1.807, 2.05) is 19.0 Å². The molecule has 1 aromatic heterocycles. The van der Waals surface area contributed by atoms with Crippen molar-refractivity contribution < 1.29 is 9.66 Å². The van der Waals surface area contributed by atoms with Crippen molar-refractivity contribution in [2.75, 3.05) is 45.7 Å². The van der Waals surface area contributed by atoms with Crippen LogP contribution < -0.4 is 5.32 Å². The first-order valence-corrected chi connectivity index (χ1v) is 6.07. The molecule has 0 aliphatic carbocycles. The van der Waals surface area contributed by atoms with Crippen molar-refractivity contribution in [3.05, 3.63) is 15.8 Å². The second-order valence-electron chi connectivity index (χ2n) is 4.51. The van der Waals surface area contributed by atoms with Gasteiger partial charge in [-0.05, 0) is 21.0 Å². The molecule has 0 aliphatic rings. The van der Waals surface area contributed by atoms with Gasteiger partial charge in [0.25, 0.3) is 0 Å². The SMILES string of the molecule is Cc1nn(C)c(NCCOCCN(C)C)c1[N+](=O)[O-]. The Kier molecular flexibility index (Phi) is 5.71. The highest BCUT2D eigenvalue weighted by atomic mass is 16.6. The van der Waals surface area contributed by atoms with Gasteiger partial charge in [0.15, 0.2) is 0 Å². The Morgan fingerprint density at radius 3 is 2.74 bits per heavy atom. The fourth-order valence-electron chi connectivity index (χ4n) is 1.65. The van der Waals surface area contributed by atoms with Gasteiger partial charge in [-0.2, -0.15) is 5.10 Å². The van der Waals surface area contributed by atoms with E-state index in [2.05, 4.69) is 10.4 Å². The van der Waals surface area contributed by atoms with Gasteiger partial charge in [-0.15, -0.1) is 0 Å². The molecule has 0 saturated heterocycles. The Bertz CT molecular complexity index is 430. The molecule has 0 saturated carbocycles. The number of nitrogens with zero attached hydrogens (tertiary/aromatic N) is 4. The molecule has 0 spiro atoms. The van der Waals surface area contributed by atoms with E-state index < -0.39 is 4.92 Å². The van der Waals surface area contributed by atoms with Crippen molar-refractivity contribution in [2.45, 2.75) is 6.92 Å². The van der Waals surface area contributed by atoms with Crippen LogP contribution >= 0.6 is 0 Å². The van der Waals surface area contributed by atoms with Crippen LogP contribution in [0.3, 0.4) is 0 Å². The van der Waals surface area contributed by atoms with E-state index >= 15 is 0 Å². The summed E-state index contributed by atoms with van der Waals surface area (Å²) in [6.45, 7) is 4.12. The van der Waals surface area contributed by atoms with E-state index in [0.29, 0.717) is 31.3 Å². The first kappa shape index (κ1) is 15.4. The number of nitro groups is 1. The molecule has 8 heteroatoms. The van der Waals surface area contributed by atoms with Gasteiger partial charge < -0.3 is 15.0 Å². The molecule has 8 nitrogen and oxygen atoms in total. The molecule has 0 aliphatic heterocycles. The smallest absolute Gasteiger partial charge is 0.333 e. The summed E-state index contributed by atoms with van der Waals surface area (Å²) in [6, 6.07) is 0. The third kappa shape index (κ3) is 4.49. The van der Waals surface area contributed by atoms with Gasteiger partial charge in [0.2, 0.25) is 5.82 Å². The summed E-state index contributed by atoms with van der Waals surface area (Å²) in [7, 11) is 5.63. The van der Waals surface area contributed by atoms with Crippen LogP contribution in [-0.2, 0) is 11.8 Å². The summed E-state index contributed by atoms with van der Waals surface area (Å²) in [4.78, 5) is 12.6. The van der Waals surface area contributed by atoms with Crippen LogP contribution in [0.2, 0.25) is 0 Å². The molecule has 0 unspecified atom stereocenters. The average Bonchev–Trinajstić information content (AvgIpc) is 2.58. The molecule has 0 bridgehead atoms. The lowest BCUT2D eigenvalue weighted by molar-refractivity contribution is -0.384. The molecule has 0 radical (unpaired) electrons. The monoisotopic (exact) mass is 271 g/mol. The maximum absolute atomic E-state index is 10.9. The van der Waals surface area contributed by atoms with E-state index in [0.717, 1.165) is 6.54 Å². The van der Waals surface area contributed by atoms with Crippen molar-refractivity contribution in [1.82, 2.24) is 14.7 Å². The predicted octanol–water partition coefficient (Wildman–Crippen LogP) is 0.627. The minimum Gasteiger partial charge on any atom is -0.378 e. The van der Waals surface area contributed by atoms with E-state index in [-0.39, 0.29) is 5.69 Å². The molecule has 0 fully saturated rings. The zero-order valence-electron chi connectivity index (χ0n) is 11.8. The van der Waals surface area contributed by atoms with E-state index in [4.69, 9.17) is 4.74 Å². The second kappa shape index (κ2) is 7.05. The first-order chi connectivity index (χ1) is 8.93. The maximum atomic E-state index is 10.9. The second-order valence-corrected chi connectivity index (χ2v) is 4.51. The molecule has 108 valence electrons. The summed E-state index contributed by atoms with van der Waals surface area (Å²) in [6.07, 6.45) is 0. The summed E-state index contributed by atoms with van der Waals surface area (Å²) >= 11 is 0. The molecule has 1 aromatic rings. The highest BCUT2D eigenvalue weighted by molar-refractivity contribution is 5.59. The quantitative estimate of drug-likeness (QED) is 0.424. The standard InChI is InChI=1S/C11H21N5O3/c1-9-10(16(17)18)11(15(4)13-9)12-5-7-19-8-6-14(2)3/h12H,5-8H2,1-4H3. The van der Waals surface area contributed by atoms with Gasteiger partial charge in [-0.1, -0.05) is 0 Å². The molecule has 0 amide bonds. The number of rotatable bonds is 8. The zero-order valence-corrected chi connectivity index (χ0v) is 11.8. The highest BCUT2D eigenvalue weighted by Crippen LogP contribution is 2.26. The van der Waals surface area contributed by atoms with Gasteiger partial charge >= 0.3 is 5.69 Å². The zero-order chi connectivity index (χ0) is 14.4. The van der Waals surface area contributed by atoms with Crippen LogP contribution in [0.1, 0.15) is 5.69 Å². The number of hydrogen-bond donors (Lipinski definition) is 1. The van der Waals surface area contributed by atoms with Gasteiger partial charge in [0.1, 0.15) is 5.69 Å². The number of hydrogen-bond acceptors (Lipinski definition) is 6. The summed E-state index contributed by atoms with van der Waals surface area (Å²) < 4.78 is 6.89. The van der Waals surface area contributed by atoms with Crippen LogP contribution in [0.25, 0.3) is 0 Å². The first-order valence-electron chi connectivity index (χ1n) is 6.07. The van der Waals surface area contributed by atoms with Crippen molar-refractivity contribution in [3.8, 4) is 0 Å². The maximum Gasteiger partial charge on any atom is 0.333 e. The highest BCUT2D eigenvalue weighted by Gasteiger charge is 2.23. The van der Waals surface area contributed by atoms with Crippen LogP contribution in [0.4, 0.5) is 11.5 Å². The topological polar surface area (TPSA) is 85.5 Å². The predicted molar refractivity (Wildman–Crippen MR) is 72.5 cm³/mol. The minimum atomic E-state index is -0.419. The van der Waals surface area contributed by atoms with Crippen LogP contribution in [0.5, 0.6) is 0 Å². The van der Waals surface area contributed by atoms with E-state index in [1.165, 1.54) is 4.68 Å². The third-order valence-electron chi connectivity index (χ3n) is 2.59. The molecule has 0 aromatic carbocycles. The molecular formula is C11H21N5O3. The summed E-state index contributed by atoms with van der Waals surface area (Å²) in [5, 5.41) is 18.0. The van der Waals surface area contributed by atoms with Gasteiger partial charge in [0, 0.05) is 20.1 Å². The molecule has 19 heavy (non-hydrogen) atoms. The fraction of sp³-hybridized carbons (Fsp3) is 0.727. The number of likely N-dealkylation sites (N-methyl/N-ethyl adjacent to an activating group) is 1. The van der Waals surface area contributed by atoms with E-state index in [1.54, 1.807) is 14.0 Å². The third-order valence-corrected chi connectivity index (χ3v) is 2.59. The van der Waals surface area contributed by atoms with Crippen LogP contribution in [0, 0.1) is 17.0 Å². The van der Waals surface area contributed by atoms with Crippen molar-refractivity contribution in [3.63, 3.8) is 0 Å². The molecule has 1 rings (SSSR count). The number of nitrogens with one attached hydrogen (secondary N) is 1. The molecule has 0 atom stereocenters. The number of aromatic nitrogens is 2. The largest absolute Gasteiger partial charge is 0.378 e. The van der Waals surface area contributed by atoms with Crippen molar-refractivity contribution in [1.29, 1.82) is 0 Å². The lowest BCUT2D eigenvalue weighted by Crippen LogP contribution is -2.20. The Morgan fingerprint density at radius 2 is 2.16 bits per heavy atom. The van der Waals surface area contributed by atoms with Crippen LogP contribution in [-0.4, -0.2) is 60.0 Å². The Hall–Kier alpha value is -1.67.